The van der Waals surface area contributed by atoms with E-state index in [2.05, 4.69) is 20.6 Å². The molecule has 1 saturated heterocycles. The molecule has 0 bridgehead atoms. The number of hydrogen-bond donors (Lipinski definition) is 2. The van der Waals surface area contributed by atoms with Crippen LogP contribution in [0.1, 0.15) is 6.42 Å². The molecule has 1 aliphatic heterocycles. The van der Waals surface area contributed by atoms with E-state index in [0.717, 1.165) is 6.42 Å². The minimum Gasteiger partial charge on any atom is -0.355 e. The molecule has 0 saturated carbocycles. The molecule has 158 valence electrons. The number of pyridine rings is 1. The molecule has 10 heteroatoms. The molecule has 0 spiro atoms. The van der Waals surface area contributed by atoms with Crippen molar-refractivity contribution in [3.63, 3.8) is 0 Å². The van der Waals surface area contributed by atoms with Crippen molar-refractivity contribution >= 4 is 45.6 Å². The average Bonchev–Trinajstić information content (AvgIpc) is 3.16. The van der Waals surface area contributed by atoms with E-state index in [4.69, 9.17) is 0 Å². The van der Waals surface area contributed by atoms with Gasteiger partial charge in [0.1, 0.15) is 0 Å². The van der Waals surface area contributed by atoms with Crippen LogP contribution in [0.4, 0.5) is 10.2 Å². The zero-order valence-electron chi connectivity index (χ0n) is 16.1. The van der Waals surface area contributed by atoms with E-state index in [0.29, 0.717) is 29.8 Å². The third-order valence-corrected chi connectivity index (χ3v) is 6.29. The van der Waals surface area contributed by atoms with Gasteiger partial charge in [0.2, 0.25) is 0 Å². The first-order valence-electron chi connectivity index (χ1n) is 9.10. The molecule has 2 aromatic rings. The highest BCUT2D eigenvalue weighted by Gasteiger charge is 2.26. The molecular formula is C19H25FIN5O2S. The molecule has 1 aromatic heterocycles. The van der Waals surface area contributed by atoms with Gasteiger partial charge in [-0.25, -0.2) is 17.8 Å². The first kappa shape index (κ1) is 23.3. The number of rotatable bonds is 6. The molecule has 1 aromatic carbocycles. The van der Waals surface area contributed by atoms with Gasteiger partial charge in [0.25, 0.3) is 0 Å². The highest BCUT2D eigenvalue weighted by Crippen LogP contribution is 2.20. The van der Waals surface area contributed by atoms with Crippen molar-refractivity contribution in [2.24, 2.45) is 4.99 Å². The molecule has 3 rings (SSSR count). The van der Waals surface area contributed by atoms with Crippen molar-refractivity contribution in [2.45, 2.75) is 17.4 Å². The van der Waals surface area contributed by atoms with E-state index in [-0.39, 0.29) is 48.1 Å². The van der Waals surface area contributed by atoms with Gasteiger partial charge >= 0.3 is 0 Å². The van der Waals surface area contributed by atoms with Crippen molar-refractivity contribution in [2.75, 3.05) is 37.3 Å². The standard InChI is InChI=1S/C19H24FN5O2S.HI/c1-21-19(23-11-13-28(26,27)16-6-3-2-4-7-16)24-15-9-12-25(14-15)18-17(20)8-5-10-22-18;/h2-8,10,15H,9,11-14H2,1H3,(H2,21,23,24);1H. The SMILES string of the molecule is CN=C(NCCS(=O)(=O)c1ccccc1)NC1CCN(c2ncccc2F)C1.I. The summed E-state index contributed by atoms with van der Waals surface area (Å²) < 4.78 is 38.6. The van der Waals surface area contributed by atoms with Gasteiger partial charge in [-0.15, -0.1) is 24.0 Å². The smallest absolute Gasteiger partial charge is 0.191 e. The summed E-state index contributed by atoms with van der Waals surface area (Å²) in [6.45, 7) is 1.52. The highest BCUT2D eigenvalue weighted by molar-refractivity contribution is 14.0. The molecule has 2 N–H and O–H groups in total. The summed E-state index contributed by atoms with van der Waals surface area (Å²) in [6.07, 6.45) is 2.38. The number of hydrogen-bond acceptors (Lipinski definition) is 5. The van der Waals surface area contributed by atoms with Crippen LogP contribution in [0.3, 0.4) is 0 Å². The predicted molar refractivity (Wildman–Crippen MR) is 123 cm³/mol. The zero-order valence-corrected chi connectivity index (χ0v) is 19.2. The lowest BCUT2D eigenvalue weighted by Gasteiger charge is -2.20. The second-order valence-electron chi connectivity index (χ2n) is 6.52. The fourth-order valence-electron chi connectivity index (χ4n) is 3.12. The van der Waals surface area contributed by atoms with Gasteiger partial charge in [-0.2, -0.15) is 0 Å². The number of halogens is 2. The lowest BCUT2D eigenvalue weighted by Crippen LogP contribution is -2.45. The number of aliphatic imine (C=N–C) groups is 1. The number of anilines is 1. The summed E-state index contributed by atoms with van der Waals surface area (Å²) in [7, 11) is -1.71. The zero-order chi connectivity index (χ0) is 20.0. The predicted octanol–water partition coefficient (Wildman–Crippen LogP) is 2.06. The monoisotopic (exact) mass is 533 g/mol. The highest BCUT2D eigenvalue weighted by atomic mass is 127. The van der Waals surface area contributed by atoms with Crippen LogP contribution in [0.15, 0.2) is 58.5 Å². The van der Waals surface area contributed by atoms with Crippen molar-refractivity contribution in [3.8, 4) is 0 Å². The summed E-state index contributed by atoms with van der Waals surface area (Å²) in [5.74, 6) is 0.505. The van der Waals surface area contributed by atoms with Gasteiger partial charge < -0.3 is 15.5 Å². The van der Waals surface area contributed by atoms with Crippen molar-refractivity contribution in [1.29, 1.82) is 0 Å². The van der Waals surface area contributed by atoms with Crippen molar-refractivity contribution in [3.05, 3.63) is 54.5 Å². The van der Waals surface area contributed by atoms with E-state index in [1.165, 1.54) is 6.07 Å². The summed E-state index contributed by atoms with van der Waals surface area (Å²) in [6, 6.07) is 11.4. The van der Waals surface area contributed by atoms with Crippen LogP contribution in [0.5, 0.6) is 0 Å². The average molecular weight is 533 g/mol. The Morgan fingerprint density at radius 2 is 2.03 bits per heavy atom. The molecule has 0 aliphatic carbocycles. The van der Waals surface area contributed by atoms with Crippen LogP contribution in [0, 0.1) is 5.82 Å². The summed E-state index contributed by atoms with van der Waals surface area (Å²) in [5.41, 5.74) is 0. The Balaban J connectivity index is 0.00000300. The molecule has 1 aliphatic rings. The van der Waals surface area contributed by atoms with Gasteiger partial charge in [0, 0.05) is 38.9 Å². The van der Waals surface area contributed by atoms with Crippen molar-refractivity contribution in [1.82, 2.24) is 15.6 Å². The van der Waals surface area contributed by atoms with Gasteiger partial charge in [-0.3, -0.25) is 4.99 Å². The number of aromatic nitrogens is 1. The molecule has 29 heavy (non-hydrogen) atoms. The lowest BCUT2D eigenvalue weighted by atomic mass is 10.3. The second kappa shape index (κ2) is 10.7. The minimum absolute atomic E-state index is 0. The molecule has 0 radical (unpaired) electrons. The van der Waals surface area contributed by atoms with Crippen LogP contribution in [0.2, 0.25) is 0 Å². The number of guanidine groups is 1. The Morgan fingerprint density at radius 3 is 2.72 bits per heavy atom. The Bertz CT molecular complexity index is 927. The van der Waals surface area contributed by atoms with Crippen LogP contribution in [-0.2, 0) is 9.84 Å². The Morgan fingerprint density at radius 1 is 1.28 bits per heavy atom. The van der Waals surface area contributed by atoms with Crippen LogP contribution in [0.25, 0.3) is 0 Å². The topological polar surface area (TPSA) is 86.7 Å². The van der Waals surface area contributed by atoms with E-state index < -0.39 is 9.84 Å². The van der Waals surface area contributed by atoms with Gasteiger partial charge in [-0.1, -0.05) is 18.2 Å². The molecule has 1 unspecified atom stereocenters. The number of nitrogens with zero attached hydrogens (tertiary/aromatic N) is 3. The third-order valence-electron chi connectivity index (χ3n) is 4.56. The lowest BCUT2D eigenvalue weighted by molar-refractivity contribution is 0.594. The maximum absolute atomic E-state index is 13.9. The maximum Gasteiger partial charge on any atom is 0.191 e. The first-order chi connectivity index (χ1) is 13.5. The molecule has 1 fully saturated rings. The molecule has 0 amide bonds. The number of benzene rings is 1. The third kappa shape index (κ3) is 6.26. The number of nitrogens with one attached hydrogen (secondary N) is 2. The Labute approximate surface area is 187 Å². The number of sulfone groups is 1. The van der Waals surface area contributed by atoms with Crippen LogP contribution >= 0.6 is 24.0 Å². The largest absolute Gasteiger partial charge is 0.355 e. The fraction of sp³-hybridized carbons (Fsp3) is 0.368. The molecule has 1 atom stereocenters. The summed E-state index contributed by atoms with van der Waals surface area (Å²) >= 11 is 0. The van der Waals surface area contributed by atoms with Crippen LogP contribution < -0.4 is 15.5 Å². The fourth-order valence-corrected chi connectivity index (χ4v) is 4.30. The van der Waals surface area contributed by atoms with Gasteiger partial charge in [0.05, 0.1) is 10.6 Å². The quantitative estimate of drug-likeness (QED) is 0.336. The second-order valence-corrected chi connectivity index (χ2v) is 8.62. The van der Waals surface area contributed by atoms with Crippen molar-refractivity contribution < 1.29 is 12.8 Å². The Hall–Kier alpha value is -1.95. The summed E-state index contributed by atoms with van der Waals surface area (Å²) in [4.78, 5) is 10.5. The molecule has 7 nitrogen and oxygen atoms in total. The molecular weight excluding hydrogens is 508 g/mol. The van der Waals surface area contributed by atoms with Crippen LogP contribution in [-0.4, -0.2) is 57.8 Å². The van der Waals surface area contributed by atoms with Gasteiger partial charge in [-0.05, 0) is 30.7 Å². The van der Waals surface area contributed by atoms with E-state index in [1.54, 1.807) is 49.6 Å². The van der Waals surface area contributed by atoms with E-state index >= 15 is 0 Å². The minimum atomic E-state index is -3.34. The molecule has 2 heterocycles. The van der Waals surface area contributed by atoms with E-state index in [9.17, 15) is 12.8 Å². The van der Waals surface area contributed by atoms with E-state index in [1.807, 2.05) is 4.90 Å². The summed E-state index contributed by atoms with van der Waals surface area (Å²) in [5, 5.41) is 6.30. The Kier molecular flexibility index (Phi) is 8.62. The maximum atomic E-state index is 13.9. The normalized spacial score (nSPS) is 17.0. The first-order valence-corrected chi connectivity index (χ1v) is 10.8. The van der Waals surface area contributed by atoms with Gasteiger partial charge in [0.15, 0.2) is 27.4 Å².